The molecule has 0 aliphatic heterocycles. The molecule has 0 saturated heterocycles. The second-order valence-corrected chi connectivity index (χ2v) is 6.21. The maximum atomic E-state index is 14.5. The first-order chi connectivity index (χ1) is 12.2. The molecule has 0 spiro atoms. The Bertz CT molecular complexity index is 1060. The maximum absolute atomic E-state index is 14.5. The van der Waals surface area contributed by atoms with Crippen LogP contribution in [0.4, 0.5) is 4.39 Å². The van der Waals surface area contributed by atoms with Crippen molar-refractivity contribution >= 4 is 22.2 Å². The zero-order valence-electron chi connectivity index (χ0n) is 13.5. The van der Waals surface area contributed by atoms with Gasteiger partial charge in [-0.3, -0.25) is 0 Å². The minimum Gasteiger partial charge on any atom is -0.497 e. The lowest BCUT2D eigenvalue weighted by molar-refractivity contribution is 0.398. The Morgan fingerprint density at radius 1 is 1.12 bits per heavy atom. The molecule has 0 saturated carbocycles. The van der Waals surface area contributed by atoms with Crippen molar-refractivity contribution in [1.82, 2.24) is 15.0 Å². The SMILES string of the molecule is COc1ccc2[nH]c(F)c(-c3csc(-c4ccnc(OC)c4)n3)c2c1. The number of thiazole rings is 1. The van der Waals surface area contributed by atoms with E-state index >= 15 is 0 Å². The minimum atomic E-state index is -0.410. The Morgan fingerprint density at radius 2 is 2.00 bits per heavy atom. The van der Waals surface area contributed by atoms with E-state index < -0.39 is 5.95 Å². The zero-order chi connectivity index (χ0) is 17.4. The number of halogens is 1. The number of hydrogen-bond acceptors (Lipinski definition) is 5. The average Bonchev–Trinajstić information content (AvgIpc) is 3.24. The number of nitrogens with zero attached hydrogens (tertiary/aromatic N) is 2. The van der Waals surface area contributed by atoms with Crippen molar-refractivity contribution in [2.45, 2.75) is 0 Å². The molecule has 0 amide bonds. The Kier molecular flexibility index (Phi) is 3.85. The van der Waals surface area contributed by atoms with Crippen LogP contribution in [0.25, 0.3) is 32.7 Å². The van der Waals surface area contributed by atoms with Crippen LogP contribution in [0.5, 0.6) is 11.6 Å². The first kappa shape index (κ1) is 15.6. The van der Waals surface area contributed by atoms with E-state index in [4.69, 9.17) is 9.47 Å². The van der Waals surface area contributed by atoms with Gasteiger partial charge >= 0.3 is 0 Å². The van der Waals surface area contributed by atoms with Gasteiger partial charge in [0, 0.05) is 34.1 Å². The Hall–Kier alpha value is -2.93. The normalized spacial score (nSPS) is 11.0. The average molecular weight is 355 g/mol. The third-order valence-electron chi connectivity index (χ3n) is 3.91. The molecule has 3 aromatic heterocycles. The van der Waals surface area contributed by atoms with Crippen LogP contribution in [-0.4, -0.2) is 29.2 Å². The molecule has 3 heterocycles. The van der Waals surface area contributed by atoms with Crippen LogP contribution >= 0.6 is 11.3 Å². The summed E-state index contributed by atoms with van der Waals surface area (Å²) in [6, 6.07) is 9.04. The predicted octanol–water partition coefficient (Wildman–Crippen LogP) is 4.51. The van der Waals surface area contributed by atoms with Gasteiger partial charge in [0.15, 0.2) is 0 Å². The summed E-state index contributed by atoms with van der Waals surface area (Å²) < 4.78 is 24.9. The zero-order valence-corrected chi connectivity index (χ0v) is 14.4. The number of ether oxygens (including phenoxy) is 2. The van der Waals surface area contributed by atoms with Crippen LogP contribution in [-0.2, 0) is 0 Å². The number of rotatable bonds is 4. The predicted molar refractivity (Wildman–Crippen MR) is 95.7 cm³/mol. The van der Waals surface area contributed by atoms with Crippen molar-refractivity contribution in [2.24, 2.45) is 0 Å². The molecular formula is C18H14FN3O2S. The lowest BCUT2D eigenvalue weighted by Crippen LogP contribution is -1.87. The van der Waals surface area contributed by atoms with Crippen LogP contribution in [0.1, 0.15) is 0 Å². The molecule has 126 valence electrons. The quantitative estimate of drug-likeness (QED) is 0.585. The molecule has 0 atom stereocenters. The summed E-state index contributed by atoms with van der Waals surface area (Å²) in [4.78, 5) is 11.4. The summed E-state index contributed by atoms with van der Waals surface area (Å²) in [5.74, 6) is 0.770. The molecule has 7 heteroatoms. The highest BCUT2D eigenvalue weighted by Crippen LogP contribution is 2.36. The Morgan fingerprint density at radius 3 is 2.80 bits per heavy atom. The van der Waals surface area contributed by atoms with Crippen molar-refractivity contribution in [1.29, 1.82) is 0 Å². The molecule has 0 aliphatic carbocycles. The van der Waals surface area contributed by atoms with E-state index in [1.54, 1.807) is 44.7 Å². The van der Waals surface area contributed by atoms with E-state index in [9.17, 15) is 4.39 Å². The monoisotopic (exact) mass is 355 g/mol. The molecule has 4 rings (SSSR count). The molecule has 5 nitrogen and oxygen atoms in total. The Balaban J connectivity index is 1.82. The molecule has 25 heavy (non-hydrogen) atoms. The van der Waals surface area contributed by atoms with Crippen molar-refractivity contribution < 1.29 is 13.9 Å². The highest BCUT2D eigenvalue weighted by molar-refractivity contribution is 7.13. The number of aromatic amines is 1. The summed E-state index contributed by atoms with van der Waals surface area (Å²) in [6.45, 7) is 0. The van der Waals surface area contributed by atoms with Crippen molar-refractivity contribution in [3.63, 3.8) is 0 Å². The number of pyridine rings is 1. The van der Waals surface area contributed by atoms with Crippen molar-refractivity contribution in [3.8, 4) is 33.5 Å². The molecule has 0 bridgehead atoms. The van der Waals surface area contributed by atoms with Gasteiger partial charge in [0.25, 0.3) is 0 Å². The van der Waals surface area contributed by atoms with Crippen LogP contribution < -0.4 is 9.47 Å². The van der Waals surface area contributed by atoms with Gasteiger partial charge in [-0.2, -0.15) is 4.39 Å². The fourth-order valence-corrected chi connectivity index (χ4v) is 3.50. The third kappa shape index (κ3) is 2.72. The van der Waals surface area contributed by atoms with Crippen molar-refractivity contribution in [3.05, 3.63) is 47.9 Å². The van der Waals surface area contributed by atoms with E-state index in [2.05, 4.69) is 15.0 Å². The van der Waals surface area contributed by atoms with E-state index in [0.29, 0.717) is 28.4 Å². The van der Waals surface area contributed by atoms with Gasteiger partial charge < -0.3 is 14.5 Å². The topological polar surface area (TPSA) is 60.0 Å². The summed E-state index contributed by atoms with van der Waals surface area (Å²) >= 11 is 1.44. The standard InChI is InChI=1S/C18H14FN3O2S/c1-23-11-3-4-13-12(8-11)16(17(19)21-13)14-9-25-18(22-14)10-5-6-20-15(7-10)24-2/h3-9,21H,1-2H3. The summed E-state index contributed by atoms with van der Waals surface area (Å²) in [6.07, 6.45) is 1.66. The Labute approximate surface area is 147 Å². The highest BCUT2D eigenvalue weighted by Gasteiger charge is 2.17. The fourth-order valence-electron chi connectivity index (χ4n) is 2.69. The maximum Gasteiger partial charge on any atom is 0.213 e. The second-order valence-electron chi connectivity index (χ2n) is 5.35. The van der Waals surface area contributed by atoms with Gasteiger partial charge in [0.2, 0.25) is 11.8 Å². The molecule has 1 aromatic carbocycles. The highest BCUT2D eigenvalue weighted by atomic mass is 32.1. The molecular weight excluding hydrogens is 341 g/mol. The first-order valence-electron chi connectivity index (χ1n) is 7.51. The summed E-state index contributed by atoms with van der Waals surface area (Å²) in [5, 5.41) is 3.35. The van der Waals surface area contributed by atoms with E-state index in [-0.39, 0.29) is 0 Å². The number of benzene rings is 1. The lowest BCUT2D eigenvalue weighted by Gasteiger charge is -2.01. The van der Waals surface area contributed by atoms with Gasteiger partial charge in [-0.25, -0.2) is 9.97 Å². The molecule has 1 N–H and O–H groups in total. The van der Waals surface area contributed by atoms with Crippen molar-refractivity contribution in [2.75, 3.05) is 14.2 Å². The lowest BCUT2D eigenvalue weighted by atomic mass is 10.1. The van der Waals surface area contributed by atoms with Gasteiger partial charge in [0.05, 0.1) is 25.5 Å². The smallest absolute Gasteiger partial charge is 0.213 e. The van der Waals surface area contributed by atoms with Crippen LogP contribution in [0, 0.1) is 5.95 Å². The fraction of sp³-hybridized carbons (Fsp3) is 0.111. The third-order valence-corrected chi connectivity index (χ3v) is 4.80. The number of aromatic nitrogens is 3. The van der Waals surface area contributed by atoms with Gasteiger partial charge in [-0.1, -0.05) is 0 Å². The first-order valence-corrected chi connectivity index (χ1v) is 8.39. The molecule has 0 radical (unpaired) electrons. The summed E-state index contributed by atoms with van der Waals surface area (Å²) in [7, 11) is 3.15. The number of H-pyrrole nitrogens is 1. The molecule has 0 aliphatic rings. The number of nitrogens with one attached hydrogen (secondary N) is 1. The van der Waals surface area contributed by atoms with Crippen LogP contribution in [0.2, 0.25) is 0 Å². The van der Waals surface area contributed by atoms with E-state index in [0.717, 1.165) is 16.0 Å². The molecule has 4 aromatic rings. The second kappa shape index (κ2) is 6.18. The van der Waals surface area contributed by atoms with Gasteiger partial charge in [0.1, 0.15) is 10.8 Å². The van der Waals surface area contributed by atoms with Gasteiger partial charge in [-0.05, 0) is 24.3 Å². The number of methoxy groups -OCH3 is 2. The van der Waals surface area contributed by atoms with E-state index in [1.807, 2.05) is 11.4 Å². The van der Waals surface area contributed by atoms with Crippen LogP contribution in [0.15, 0.2) is 41.9 Å². The largest absolute Gasteiger partial charge is 0.497 e. The van der Waals surface area contributed by atoms with E-state index in [1.165, 1.54) is 11.3 Å². The molecule has 0 fully saturated rings. The number of fused-ring (bicyclic) bond motifs is 1. The minimum absolute atomic E-state index is 0.410. The van der Waals surface area contributed by atoms with Crippen LogP contribution in [0.3, 0.4) is 0 Å². The number of hydrogen-bond donors (Lipinski definition) is 1. The van der Waals surface area contributed by atoms with Gasteiger partial charge in [-0.15, -0.1) is 11.3 Å². The molecule has 0 unspecified atom stereocenters. The summed E-state index contributed by atoms with van der Waals surface area (Å²) in [5.41, 5.74) is 2.60.